The van der Waals surface area contributed by atoms with Crippen LogP contribution in [0, 0.1) is 11.8 Å². The predicted molar refractivity (Wildman–Crippen MR) is 63.5 cm³/mol. The van der Waals surface area contributed by atoms with E-state index in [0.29, 0.717) is 19.0 Å². The van der Waals surface area contributed by atoms with Crippen LogP contribution in [-0.2, 0) is 9.53 Å². The summed E-state index contributed by atoms with van der Waals surface area (Å²) < 4.78 is 5.55. The molecule has 0 bridgehead atoms. The second-order valence-electron chi connectivity index (χ2n) is 5.24. The molecule has 5 nitrogen and oxygen atoms in total. The number of carbonyl (C=O) groups excluding carboxylic acids is 1. The molecule has 2 unspecified atom stereocenters. The molecule has 98 valence electrons. The van der Waals surface area contributed by atoms with Crippen LogP contribution in [0.1, 0.15) is 13.8 Å². The molecule has 0 spiro atoms. The Balaban J connectivity index is 1.98. The lowest BCUT2D eigenvalue weighted by Gasteiger charge is -2.37. The number of amides is 1. The van der Waals surface area contributed by atoms with E-state index >= 15 is 0 Å². The van der Waals surface area contributed by atoms with Gasteiger partial charge in [0.1, 0.15) is 0 Å². The fourth-order valence-electron chi connectivity index (χ4n) is 2.70. The van der Waals surface area contributed by atoms with Crippen LogP contribution in [0.25, 0.3) is 0 Å². The molecule has 5 heteroatoms. The van der Waals surface area contributed by atoms with Crippen molar-refractivity contribution in [1.82, 2.24) is 10.2 Å². The second kappa shape index (κ2) is 5.33. The second-order valence-corrected chi connectivity index (χ2v) is 5.24. The molecule has 0 aromatic carbocycles. The molecule has 17 heavy (non-hydrogen) atoms. The molecule has 2 aliphatic heterocycles. The van der Waals surface area contributed by atoms with E-state index in [1.165, 1.54) is 0 Å². The number of carbonyl (C=O) groups is 1. The van der Waals surface area contributed by atoms with Gasteiger partial charge in [-0.1, -0.05) is 6.92 Å². The highest BCUT2D eigenvalue weighted by Crippen LogP contribution is 2.21. The molecule has 0 aliphatic carbocycles. The summed E-state index contributed by atoms with van der Waals surface area (Å²) in [7, 11) is 0. The SMILES string of the molecule is CC1CN(C(=O)[C@@H]2CNC[C@H]2C)CC(CO)O1. The van der Waals surface area contributed by atoms with E-state index in [2.05, 4.69) is 12.2 Å². The number of aliphatic hydroxyl groups excluding tert-OH is 1. The number of nitrogens with one attached hydrogen (secondary N) is 1. The Labute approximate surface area is 102 Å². The fraction of sp³-hybridized carbons (Fsp3) is 0.917. The lowest BCUT2D eigenvalue weighted by molar-refractivity contribution is -0.151. The van der Waals surface area contributed by atoms with Crippen LogP contribution in [-0.4, -0.2) is 60.9 Å². The molecule has 0 aromatic rings. The smallest absolute Gasteiger partial charge is 0.227 e. The zero-order valence-electron chi connectivity index (χ0n) is 10.6. The third-order valence-corrected chi connectivity index (χ3v) is 3.68. The first-order chi connectivity index (χ1) is 8.11. The average molecular weight is 242 g/mol. The molecule has 2 N–H and O–H groups in total. The molecular formula is C12H22N2O3. The fourth-order valence-corrected chi connectivity index (χ4v) is 2.70. The third-order valence-electron chi connectivity index (χ3n) is 3.68. The molecule has 4 atom stereocenters. The predicted octanol–water partition coefficient (Wildman–Crippen LogP) is -0.550. The Kier molecular flexibility index (Phi) is 4.01. The van der Waals surface area contributed by atoms with Crippen LogP contribution in [0.4, 0.5) is 0 Å². The summed E-state index contributed by atoms with van der Waals surface area (Å²) in [4.78, 5) is 14.2. The molecule has 2 rings (SSSR count). The molecule has 0 radical (unpaired) electrons. The quantitative estimate of drug-likeness (QED) is 0.682. The van der Waals surface area contributed by atoms with Crippen LogP contribution in [0.3, 0.4) is 0 Å². The zero-order valence-corrected chi connectivity index (χ0v) is 10.6. The highest BCUT2D eigenvalue weighted by Gasteiger charge is 2.36. The number of morpholine rings is 1. The summed E-state index contributed by atoms with van der Waals surface area (Å²) in [5, 5.41) is 12.4. The van der Waals surface area contributed by atoms with Gasteiger partial charge in [0.2, 0.25) is 5.91 Å². The van der Waals surface area contributed by atoms with Crippen molar-refractivity contribution < 1.29 is 14.6 Å². The van der Waals surface area contributed by atoms with Crippen LogP contribution in [0.2, 0.25) is 0 Å². The highest BCUT2D eigenvalue weighted by molar-refractivity contribution is 5.80. The van der Waals surface area contributed by atoms with Crippen LogP contribution in [0.15, 0.2) is 0 Å². The Morgan fingerprint density at radius 1 is 1.41 bits per heavy atom. The maximum absolute atomic E-state index is 12.4. The van der Waals surface area contributed by atoms with Gasteiger partial charge in [0, 0.05) is 19.6 Å². The van der Waals surface area contributed by atoms with Crippen molar-refractivity contribution in [2.45, 2.75) is 26.1 Å². The first kappa shape index (κ1) is 12.8. The minimum absolute atomic E-state index is 0.00881. The zero-order chi connectivity index (χ0) is 12.4. The number of rotatable bonds is 2. The van der Waals surface area contributed by atoms with Crippen LogP contribution in [0.5, 0.6) is 0 Å². The molecule has 0 saturated carbocycles. The van der Waals surface area contributed by atoms with Gasteiger partial charge in [-0.05, 0) is 19.4 Å². The van der Waals surface area contributed by atoms with E-state index in [4.69, 9.17) is 9.84 Å². The van der Waals surface area contributed by atoms with Crippen LogP contribution >= 0.6 is 0 Å². The van der Waals surface area contributed by atoms with Crippen molar-refractivity contribution >= 4 is 5.91 Å². The molecule has 2 heterocycles. The van der Waals surface area contributed by atoms with Gasteiger partial charge in [0.15, 0.2) is 0 Å². The summed E-state index contributed by atoms with van der Waals surface area (Å²) in [6.07, 6.45) is -0.220. The summed E-state index contributed by atoms with van der Waals surface area (Å²) in [5.74, 6) is 0.684. The lowest BCUT2D eigenvalue weighted by atomic mass is 9.96. The molecule has 2 aliphatic rings. The van der Waals surface area contributed by atoms with E-state index in [-0.39, 0.29) is 30.6 Å². The first-order valence-corrected chi connectivity index (χ1v) is 6.37. The van der Waals surface area contributed by atoms with Crippen LogP contribution < -0.4 is 5.32 Å². The number of aliphatic hydroxyl groups is 1. The largest absolute Gasteiger partial charge is 0.394 e. The van der Waals surface area contributed by atoms with E-state index in [1.54, 1.807) is 0 Å². The van der Waals surface area contributed by atoms with Gasteiger partial charge in [-0.2, -0.15) is 0 Å². The van der Waals surface area contributed by atoms with E-state index < -0.39 is 0 Å². The van der Waals surface area contributed by atoms with Gasteiger partial charge in [0.25, 0.3) is 0 Å². The van der Waals surface area contributed by atoms with E-state index in [1.807, 2.05) is 11.8 Å². The molecule has 2 saturated heterocycles. The van der Waals surface area contributed by atoms with E-state index in [0.717, 1.165) is 13.1 Å². The van der Waals surface area contributed by atoms with Gasteiger partial charge in [-0.15, -0.1) is 0 Å². The van der Waals surface area contributed by atoms with Gasteiger partial charge < -0.3 is 20.1 Å². The lowest BCUT2D eigenvalue weighted by Crippen LogP contribution is -2.52. The van der Waals surface area contributed by atoms with Crippen molar-refractivity contribution in [3.8, 4) is 0 Å². The van der Waals surface area contributed by atoms with E-state index in [9.17, 15) is 4.79 Å². The summed E-state index contributed by atoms with van der Waals surface area (Å²) >= 11 is 0. The van der Waals surface area contributed by atoms with Crippen molar-refractivity contribution in [2.75, 3.05) is 32.8 Å². The first-order valence-electron chi connectivity index (χ1n) is 6.37. The molecule has 1 amide bonds. The number of hydrogen-bond donors (Lipinski definition) is 2. The Hall–Kier alpha value is -0.650. The normalized spacial score (nSPS) is 38.4. The van der Waals surface area contributed by atoms with Gasteiger partial charge in [-0.3, -0.25) is 4.79 Å². The van der Waals surface area contributed by atoms with Crippen molar-refractivity contribution in [3.05, 3.63) is 0 Å². The summed E-state index contributed by atoms with van der Waals surface area (Å²) in [5.41, 5.74) is 0. The molecule has 2 fully saturated rings. The monoisotopic (exact) mass is 242 g/mol. The van der Waals surface area contributed by atoms with Crippen molar-refractivity contribution in [2.24, 2.45) is 11.8 Å². The minimum atomic E-state index is -0.229. The van der Waals surface area contributed by atoms with Gasteiger partial charge in [0.05, 0.1) is 24.7 Å². The Bertz CT molecular complexity index is 285. The standard InChI is InChI=1S/C12H22N2O3/c1-8-3-13-4-11(8)12(16)14-5-9(2)17-10(6-14)7-15/h8-11,13,15H,3-7H2,1-2H3/t8-,9?,10?,11-/m1/s1. The summed E-state index contributed by atoms with van der Waals surface area (Å²) in [6.45, 7) is 6.87. The molecular weight excluding hydrogens is 220 g/mol. The Morgan fingerprint density at radius 3 is 2.76 bits per heavy atom. The minimum Gasteiger partial charge on any atom is -0.394 e. The van der Waals surface area contributed by atoms with Crippen molar-refractivity contribution in [3.63, 3.8) is 0 Å². The Morgan fingerprint density at radius 2 is 2.18 bits per heavy atom. The van der Waals surface area contributed by atoms with Crippen molar-refractivity contribution in [1.29, 1.82) is 0 Å². The molecule has 0 aromatic heterocycles. The topological polar surface area (TPSA) is 61.8 Å². The summed E-state index contributed by atoms with van der Waals surface area (Å²) in [6, 6.07) is 0. The van der Waals surface area contributed by atoms with Gasteiger partial charge in [-0.25, -0.2) is 0 Å². The van der Waals surface area contributed by atoms with Gasteiger partial charge >= 0.3 is 0 Å². The average Bonchev–Trinajstić information content (AvgIpc) is 2.73. The number of ether oxygens (including phenoxy) is 1. The maximum atomic E-state index is 12.4. The maximum Gasteiger partial charge on any atom is 0.227 e. The third kappa shape index (κ3) is 2.78. The number of nitrogens with zero attached hydrogens (tertiary/aromatic N) is 1. The highest BCUT2D eigenvalue weighted by atomic mass is 16.5. The number of hydrogen-bond acceptors (Lipinski definition) is 4.